The van der Waals surface area contributed by atoms with Crippen molar-refractivity contribution < 1.29 is 4.39 Å². The summed E-state index contributed by atoms with van der Waals surface area (Å²) in [5.41, 5.74) is 8.30. The topological polar surface area (TPSA) is 51.8 Å². The average Bonchev–Trinajstić information content (AvgIpc) is 2.46. The summed E-state index contributed by atoms with van der Waals surface area (Å²) in [4.78, 5) is 8.32. The molecule has 1 unspecified atom stereocenters. The van der Waals surface area contributed by atoms with Crippen molar-refractivity contribution in [3.05, 3.63) is 71.9 Å². The highest BCUT2D eigenvalue weighted by Gasteiger charge is 2.12. The predicted octanol–water partition coefficient (Wildman–Crippen LogP) is 2.82. The van der Waals surface area contributed by atoms with E-state index in [-0.39, 0.29) is 0 Å². The van der Waals surface area contributed by atoms with E-state index in [1.54, 1.807) is 6.20 Å². The first-order chi connectivity index (χ1) is 9.24. The zero-order valence-electron chi connectivity index (χ0n) is 10.1. The fourth-order valence-corrected chi connectivity index (χ4v) is 2.02. The number of rotatable bonds is 2. The Bertz CT molecular complexity index is 727. The van der Waals surface area contributed by atoms with Crippen LogP contribution in [0.4, 0.5) is 4.39 Å². The van der Waals surface area contributed by atoms with Crippen molar-refractivity contribution in [1.29, 1.82) is 0 Å². The number of hydrogen-bond acceptors (Lipinski definition) is 3. The van der Waals surface area contributed by atoms with Crippen molar-refractivity contribution in [3.8, 4) is 0 Å². The van der Waals surface area contributed by atoms with E-state index >= 15 is 0 Å². The van der Waals surface area contributed by atoms with E-state index in [4.69, 9.17) is 5.73 Å². The summed E-state index contributed by atoms with van der Waals surface area (Å²) in [6.45, 7) is 0. The number of hydrogen-bond donors (Lipinski definition) is 1. The lowest BCUT2D eigenvalue weighted by Gasteiger charge is -2.11. The zero-order valence-corrected chi connectivity index (χ0v) is 10.1. The molecule has 94 valence electrons. The van der Waals surface area contributed by atoms with Gasteiger partial charge in [0, 0.05) is 11.6 Å². The SMILES string of the molecule is NC(c1cncc(F)c1)c1ccc2ccccc2n1. The molecular formula is C15H12FN3. The zero-order chi connectivity index (χ0) is 13.2. The maximum Gasteiger partial charge on any atom is 0.141 e. The molecule has 0 aliphatic heterocycles. The van der Waals surface area contributed by atoms with E-state index in [2.05, 4.69) is 9.97 Å². The Hall–Kier alpha value is -2.33. The van der Waals surface area contributed by atoms with Gasteiger partial charge in [0.15, 0.2) is 0 Å². The fraction of sp³-hybridized carbons (Fsp3) is 0.0667. The minimum absolute atomic E-state index is 0.395. The lowest BCUT2D eigenvalue weighted by Crippen LogP contribution is -2.14. The molecule has 19 heavy (non-hydrogen) atoms. The van der Waals surface area contributed by atoms with E-state index in [0.29, 0.717) is 11.3 Å². The summed E-state index contributed by atoms with van der Waals surface area (Å²) in [6.07, 6.45) is 2.72. The third kappa shape index (κ3) is 2.30. The monoisotopic (exact) mass is 253 g/mol. The van der Waals surface area contributed by atoms with E-state index in [9.17, 15) is 4.39 Å². The first-order valence-electron chi connectivity index (χ1n) is 5.96. The lowest BCUT2D eigenvalue weighted by molar-refractivity contribution is 0.616. The van der Waals surface area contributed by atoms with Crippen LogP contribution in [0.5, 0.6) is 0 Å². The molecule has 0 saturated heterocycles. The first-order valence-corrected chi connectivity index (χ1v) is 5.96. The maximum absolute atomic E-state index is 13.2. The van der Waals surface area contributed by atoms with Gasteiger partial charge < -0.3 is 5.73 Å². The Morgan fingerprint density at radius 3 is 2.74 bits per heavy atom. The second-order valence-corrected chi connectivity index (χ2v) is 4.34. The van der Waals surface area contributed by atoms with E-state index in [0.717, 1.165) is 17.1 Å². The van der Waals surface area contributed by atoms with Crippen molar-refractivity contribution in [3.63, 3.8) is 0 Å². The molecule has 1 aromatic carbocycles. The predicted molar refractivity (Wildman–Crippen MR) is 72.0 cm³/mol. The highest BCUT2D eigenvalue weighted by Crippen LogP contribution is 2.20. The first kappa shape index (κ1) is 11.7. The molecule has 0 saturated carbocycles. The van der Waals surface area contributed by atoms with Gasteiger partial charge in [-0.2, -0.15) is 0 Å². The second-order valence-electron chi connectivity index (χ2n) is 4.34. The lowest BCUT2D eigenvalue weighted by atomic mass is 10.1. The number of fused-ring (bicyclic) bond motifs is 1. The number of pyridine rings is 2. The second kappa shape index (κ2) is 4.74. The largest absolute Gasteiger partial charge is 0.319 e. The molecule has 2 aromatic heterocycles. The van der Waals surface area contributed by atoms with Crippen LogP contribution in [0, 0.1) is 5.82 Å². The van der Waals surface area contributed by atoms with Crippen LogP contribution in [0.2, 0.25) is 0 Å². The molecule has 0 bridgehead atoms. The van der Waals surface area contributed by atoms with E-state index < -0.39 is 11.9 Å². The highest BCUT2D eigenvalue weighted by atomic mass is 19.1. The normalized spacial score (nSPS) is 12.5. The molecule has 0 aliphatic carbocycles. The van der Waals surface area contributed by atoms with Crippen LogP contribution < -0.4 is 5.73 Å². The van der Waals surface area contributed by atoms with Gasteiger partial charge in [-0.05, 0) is 23.8 Å². The van der Waals surface area contributed by atoms with Crippen LogP contribution in [0.3, 0.4) is 0 Å². The van der Waals surface area contributed by atoms with Gasteiger partial charge in [0.25, 0.3) is 0 Å². The van der Waals surface area contributed by atoms with Crippen LogP contribution in [0.15, 0.2) is 54.9 Å². The molecule has 0 fully saturated rings. The van der Waals surface area contributed by atoms with E-state index in [1.165, 1.54) is 6.07 Å². The van der Waals surface area contributed by atoms with Gasteiger partial charge in [-0.1, -0.05) is 24.3 Å². The molecule has 0 aliphatic rings. The fourth-order valence-electron chi connectivity index (χ4n) is 2.02. The number of nitrogens with two attached hydrogens (primary N) is 1. The summed E-state index contributed by atoms with van der Waals surface area (Å²) in [7, 11) is 0. The third-order valence-electron chi connectivity index (χ3n) is 3.02. The number of benzene rings is 1. The average molecular weight is 253 g/mol. The van der Waals surface area contributed by atoms with Gasteiger partial charge in [0.1, 0.15) is 5.82 Å². The molecule has 2 N–H and O–H groups in total. The Kier molecular flexibility index (Phi) is 2.93. The van der Waals surface area contributed by atoms with E-state index in [1.807, 2.05) is 36.4 Å². The number of para-hydroxylation sites is 1. The maximum atomic E-state index is 13.2. The molecule has 4 heteroatoms. The summed E-state index contributed by atoms with van der Waals surface area (Å²) in [6, 6.07) is 12.5. The number of aromatic nitrogens is 2. The van der Waals surface area contributed by atoms with Crippen molar-refractivity contribution in [2.45, 2.75) is 6.04 Å². The number of nitrogens with zero attached hydrogens (tertiary/aromatic N) is 2. The summed E-state index contributed by atoms with van der Waals surface area (Å²) >= 11 is 0. The summed E-state index contributed by atoms with van der Waals surface area (Å²) < 4.78 is 13.2. The quantitative estimate of drug-likeness (QED) is 0.764. The molecule has 1 atom stereocenters. The van der Waals surface area contributed by atoms with Crippen LogP contribution in [0.25, 0.3) is 10.9 Å². The minimum atomic E-state index is -0.479. The molecule has 3 aromatic rings. The van der Waals surface area contributed by atoms with Crippen molar-refractivity contribution >= 4 is 10.9 Å². The van der Waals surface area contributed by atoms with Crippen molar-refractivity contribution in [2.24, 2.45) is 5.73 Å². The Morgan fingerprint density at radius 2 is 1.89 bits per heavy atom. The van der Waals surface area contributed by atoms with Crippen LogP contribution in [-0.2, 0) is 0 Å². The number of halogens is 1. The molecule has 3 rings (SSSR count). The van der Waals surface area contributed by atoms with Crippen molar-refractivity contribution in [2.75, 3.05) is 0 Å². The molecular weight excluding hydrogens is 241 g/mol. The molecule has 0 amide bonds. The summed E-state index contributed by atoms with van der Waals surface area (Å²) in [5, 5.41) is 1.05. The van der Waals surface area contributed by atoms with Crippen LogP contribution in [0.1, 0.15) is 17.3 Å². The van der Waals surface area contributed by atoms with Gasteiger partial charge in [0.2, 0.25) is 0 Å². The minimum Gasteiger partial charge on any atom is -0.319 e. The Balaban J connectivity index is 2.04. The standard InChI is InChI=1S/C15H12FN3/c16-12-7-11(8-18-9-12)15(17)14-6-5-10-3-1-2-4-13(10)19-14/h1-9,15H,17H2. The van der Waals surface area contributed by atoms with Gasteiger partial charge in [0.05, 0.1) is 23.4 Å². The molecule has 3 nitrogen and oxygen atoms in total. The molecule has 0 spiro atoms. The summed E-state index contributed by atoms with van der Waals surface area (Å²) in [5.74, 6) is -0.395. The van der Waals surface area contributed by atoms with Crippen molar-refractivity contribution in [1.82, 2.24) is 9.97 Å². The van der Waals surface area contributed by atoms with Gasteiger partial charge in [-0.3, -0.25) is 9.97 Å². The van der Waals surface area contributed by atoms with Crippen LogP contribution in [-0.4, -0.2) is 9.97 Å². The van der Waals surface area contributed by atoms with Gasteiger partial charge >= 0.3 is 0 Å². The molecule has 2 heterocycles. The van der Waals surface area contributed by atoms with Crippen LogP contribution >= 0.6 is 0 Å². The third-order valence-corrected chi connectivity index (χ3v) is 3.02. The highest BCUT2D eigenvalue weighted by molar-refractivity contribution is 5.78. The Labute approximate surface area is 109 Å². The smallest absolute Gasteiger partial charge is 0.141 e. The van der Waals surface area contributed by atoms with Gasteiger partial charge in [-0.15, -0.1) is 0 Å². The van der Waals surface area contributed by atoms with Gasteiger partial charge in [-0.25, -0.2) is 4.39 Å². The Morgan fingerprint density at radius 1 is 1.05 bits per heavy atom. The molecule has 0 radical (unpaired) electrons.